The molecule has 4 nitrogen and oxygen atoms in total. The fraction of sp³-hybridized carbons (Fsp3) is 0.333. The molecular weight excluding hydrogens is 208 g/mol. The SMILES string of the molecule is [CH2]CC(=O)c1cc(OC)c(OC)c(OC)c1. The Morgan fingerprint density at radius 1 is 1.12 bits per heavy atom. The maximum absolute atomic E-state index is 11.5. The van der Waals surface area contributed by atoms with Crippen molar-refractivity contribution in [2.45, 2.75) is 6.42 Å². The van der Waals surface area contributed by atoms with E-state index in [1.165, 1.54) is 21.3 Å². The Kier molecular flexibility index (Phi) is 4.17. The molecule has 0 aliphatic heterocycles. The molecule has 1 aromatic rings. The summed E-state index contributed by atoms with van der Waals surface area (Å²) in [6.07, 6.45) is 0.193. The number of carbonyl (C=O) groups excluding carboxylic acids is 1. The number of hydrogen-bond acceptors (Lipinski definition) is 4. The molecule has 0 unspecified atom stereocenters. The van der Waals surface area contributed by atoms with Crippen LogP contribution in [0.3, 0.4) is 0 Å². The third-order valence-electron chi connectivity index (χ3n) is 2.21. The van der Waals surface area contributed by atoms with E-state index in [9.17, 15) is 4.79 Å². The van der Waals surface area contributed by atoms with E-state index in [-0.39, 0.29) is 12.2 Å². The summed E-state index contributed by atoms with van der Waals surface area (Å²) < 4.78 is 15.4. The van der Waals surface area contributed by atoms with Crippen molar-refractivity contribution in [1.29, 1.82) is 0 Å². The molecule has 0 N–H and O–H groups in total. The van der Waals surface area contributed by atoms with Crippen LogP contribution in [-0.2, 0) is 0 Å². The van der Waals surface area contributed by atoms with Gasteiger partial charge in [0.05, 0.1) is 21.3 Å². The molecule has 16 heavy (non-hydrogen) atoms. The molecule has 4 heteroatoms. The smallest absolute Gasteiger partial charge is 0.203 e. The van der Waals surface area contributed by atoms with Crippen LogP contribution in [0, 0.1) is 6.92 Å². The maximum Gasteiger partial charge on any atom is 0.203 e. The van der Waals surface area contributed by atoms with Crippen LogP contribution >= 0.6 is 0 Å². The van der Waals surface area contributed by atoms with Crippen molar-refractivity contribution < 1.29 is 19.0 Å². The second-order valence-corrected chi connectivity index (χ2v) is 3.09. The fourth-order valence-electron chi connectivity index (χ4n) is 1.39. The summed E-state index contributed by atoms with van der Waals surface area (Å²) in [6, 6.07) is 3.24. The van der Waals surface area contributed by atoms with E-state index < -0.39 is 0 Å². The number of methoxy groups -OCH3 is 3. The number of ketones is 1. The van der Waals surface area contributed by atoms with Gasteiger partial charge in [0, 0.05) is 12.0 Å². The van der Waals surface area contributed by atoms with E-state index in [0.717, 1.165) is 0 Å². The van der Waals surface area contributed by atoms with E-state index in [0.29, 0.717) is 22.8 Å². The summed E-state index contributed by atoms with van der Waals surface area (Å²) in [5.74, 6) is 1.35. The molecule has 0 saturated heterocycles. The zero-order chi connectivity index (χ0) is 12.1. The van der Waals surface area contributed by atoms with Crippen molar-refractivity contribution in [3.05, 3.63) is 24.6 Å². The number of hydrogen-bond donors (Lipinski definition) is 0. The highest BCUT2D eigenvalue weighted by molar-refractivity contribution is 5.97. The van der Waals surface area contributed by atoms with Gasteiger partial charge in [-0.05, 0) is 19.1 Å². The first kappa shape index (κ1) is 12.4. The van der Waals surface area contributed by atoms with Gasteiger partial charge in [0.15, 0.2) is 17.3 Å². The third kappa shape index (κ3) is 2.27. The van der Waals surface area contributed by atoms with Crippen LogP contribution < -0.4 is 14.2 Å². The van der Waals surface area contributed by atoms with E-state index in [4.69, 9.17) is 14.2 Å². The van der Waals surface area contributed by atoms with Crippen LogP contribution in [0.15, 0.2) is 12.1 Å². The lowest BCUT2D eigenvalue weighted by Gasteiger charge is -2.13. The number of ether oxygens (including phenoxy) is 3. The summed E-state index contributed by atoms with van der Waals surface area (Å²) in [6.45, 7) is 3.55. The lowest BCUT2D eigenvalue weighted by molar-refractivity contribution is 0.0994. The summed E-state index contributed by atoms with van der Waals surface area (Å²) in [4.78, 5) is 11.5. The highest BCUT2D eigenvalue weighted by Crippen LogP contribution is 2.38. The van der Waals surface area contributed by atoms with Crippen LogP contribution in [0.1, 0.15) is 16.8 Å². The molecule has 1 rings (SSSR count). The van der Waals surface area contributed by atoms with E-state index in [1.54, 1.807) is 12.1 Å². The topological polar surface area (TPSA) is 44.8 Å². The molecule has 0 aliphatic carbocycles. The Morgan fingerprint density at radius 2 is 1.62 bits per heavy atom. The molecule has 0 saturated carbocycles. The van der Waals surface area contributed by atoms with Gasteiger partial charge < -0.3 is 14.2 Å². The third-order valence-corrected chi connectivity index (χ3v) is 2.21. The minimum atomic E-state index is -0.0701. The molecule has 1 radical (unpaired) electrons. The molecule has 87 valence electrons. The first-order chi connectivity index (χ1) is 7.67. The van der Waals surface area contributed by atoms with Crippen molar-refractivity contribution in [3.8, 4) is 17.2 Å². The molecule has 1 aromatic carbocycles. The first-order valence-electron chi connectivity index (χ1n) is 4.80. The van der Waals surface area contributed by atoms with E-state index in [2.05, 4.69) is 6.92 Å². The summed E-state index contributed by atoms with van der Waals surface area (Å²) in [5.41, 5.74) is 0.504. The van der Waals surface area contributed by atoms with E-state index >= 15 is 0 Å². The van der Waals surface area contributed by atoms with Gasteiger partial charge in [-0.2, -0.15) is 0 Å². The van der Waals surface area contributed by atoms with Gasteiger partial charge in [-0.1, -0.05) is 0 Å². The lowest BCUT2D eigenvalue weighted by Crippen LogP contribution is -2.01. The lowest BCUT2D eigenvalue weighted by atomic mass is 10.1. The largest absolute Gasteiger partial charge is 0.493 e. The second kappa shape index (κ2) is 5.39. The minimum absolute atomic E-state index is 0.0701. The Morgan fingerprint density at radius 3 is 1.94 bits per heavy atom. The summed E-state index contributed by atoms with van der Waals surface area (Å²) in [5, 5.41) is 0. The van der Waals surface area contributed by atoms with Crippen molar-refractivity contribution in [3.63, 3.8) is 0 Å². The molecule has 0 aliphatic rings. The molecule has 0 aromatic heterocycles. The molecule has 0 amide bonds. The van der Waals surface area contributed by atoms with Gasteiger partial charge in [-0.25, -0.2) is 0 Å². The van der Waals surface area contributed by atoms with Crippen molar-refractivity contribution in [2.75, 3.05) is 21.3 Å². The number of carbonyl (C=O) groups is 1. The van der Waals surface area contributed by atoms with Gasteiger partial charge in [0.25, 0.3) is 0 Å². The first-order valence-corrected chi connectivity index (χ1v) is 4.80. The molecular formula is C12H15O4. The van der Waals surface area contributed by atoms with E-state index in [1.807, 2.05) is 0 Å². The Labute approximate surface area is 95.1 Å². The Bertz CT molecular complexity index is 360. The van der Waals surface area contributed by atoms with Gasteiger partial charge >= 0.3 is 0 Å². The van der Waals surface area contributed by atoms with Crippen molar-refractivity contribution in [2.24, 2.45) is 0 Å². The Balaban J connectivity index is 3.31. The van der Waals surface area contributed by atoms with Crippen LogP contribution in [0.25, 0.3) is 0 Å². The molecule has 0 atom stereocenters. The molecule has 0 fully saturated rings. The minimum Gasteiger partial charge on any atom is -0.493 e. The van der Waals surface area contributed by atoms with Crippen LogP contribution in [-0.4, -0.2) is 27.1 Å². The zero-order valence-corrected chi connectivity index (χ0v) is 9.70. The zero-order valence-electron chi connectivity index (χ0n) is 9.70. The van der Waals surface area contributed by atoms with Crippen molar-refractivity contribution in [1.82, 2.24) is 0 Å². The number of rotatable bonds is 5. The van der Waals surface area contributed by atoms with Crippen LogP contribution in [0.2, 0.25) is 0 Å². The average Bonchev–Trinajstić information content (AvgIpc) is 2.35. The predicted molar refractivity (Wildman–Crippen MR) is 60.4 cm³/mol. The fourth-order valence-corrected chi connectivity index (χ4v) is 1.39. The van der Waals surface area contributed by atoms with Gasteiger partial charge in [-0.3, -0.25) is 4.79 Å². The normalized spacial score (nSPS) is 9.75. The predicted octanol–water partition coefficient (Wildman–Crippen LogP) is 2.12. The highest BCUT2D eigenvalue weighted by Gasteiger charge is 2.15. The van der Waals surface area contributed by atoms with Gasteiger partial charge in [0.2, 0.25) is 5.75 Å². The Hall–Kier alpha value is -1.71. The number of Topliss-reactive ketones (excluding diaryl/α,β-unsaturated/α-hetero) is 1. The van der Waals surface area contributed by atoms with Gasteiger partial charge in [0.1, 0.15) is 0 Å². The summed E-state index contributed by atoms with van der Waals surface area (Å²) in [7, 11) is 4.54. The number of benzene rings is 1. The maximum atomic E-state index is 11.5. The van der Waals surface area contributed by atoms with Crippen molar-refractivity contribution >= 4 is 5.78 Å². The quantitative estimate of drug-likeness (QED) is 0.717. The second-order valence-electron chi connectivity index (χ2n) is 3.09. The monoisotopic (exact) mass is 223 g/mol. The molecule has 0 heterocycles. The standard InChI is InChI=1S/C12H15O4/c1-5-9(13)8-6-10(14-2)12(16-4)11(7-8)15-3/h6-7H,1,5H2,2-4H3. The molecule has 0 spiro atoms. The van der Waals surface area contributed by atoms with Crippen LogP contribution in [0.4, 0.5) is 0 Å². The van der Waals surface area contributed by atoms with Gasteiger partial charge in [-0.15, -0.1) is 0 Å². The molecule has 0 bridgehead atoms. The highest BCUT2D eigenvalue weighted by atomic mass is 16.5. The average molecular weight is 223 g/mol. The van der Waals surface area contributed by atoms with Crippen LogP contribution in [0.5, 0.6) is 17.2 Å². The summed E-state index contributed by atoms with van der Waals surface area (Å²) >= 11 is 0.